The van der Waals surface area contributed by atoms with Crippen molar-refractivity contribution in [1.82, 2.24) is 0 Å². The van der Waals surface area contributed by atoms with Crippen LogP contribution in [0.1, 0.15) is 39.4 Å². The molecule has 0 saturated heterocycles. The molecule has 0 amide bonds. The van der Waals surface area contributed by atoms with Crippen molar-refractivity contribution < 1.29 is 13.9 Å². The van der Waals surface area contributed by atoms with Gasteiger partial charge in [-0.3, -0.25) is 4.79 Å². The summed E-state index contributed by atoms with van der Waals surface area (Å²) in [7, 11) is 0. The number of carbonyl (C=O) groups is 1. The lowest BCUT2D eigenvalue weighted by molar-refractivity contribution is -0.154. The van der Waals surface area contributed by atoms with E-state index in [0.717, 1.165) is 18.6 Å². The van der Waals surface area contributed by atoms with Crippen LogP contribution in [0.5, 0.6) is 0 Å². The molecule has 1 rings (SSSR count). The number of rotatable bonds is 4. The Morgan fingerprint density at radius 2 is 2.20 bits per heavy atom. The van der Waals surface area contributed by atoms with Crippen molar-refractivity contribution in [3.8, 4) is 0 Å². The first kappa shape index (κ1) is 11.8. The molecule has 0 aliphatic rings. The van der Waals surface area contributed by atoms with E-state index < -0.39 is 0 Å². The average molecular weight is 210 g/mol. The lowest BCUT2D eigenvalue weighted by Crippen LogP contribution is -2.23. The van der Waals surface area contributed by atoms with Crippen LogP contribution in [-0.2, 0) is 16.0 Å². The number of hydrogen-bond acceptors (Lipinski definition) is 3. The molecule has 0 unspecified atom stereocenters. The van der Waals surface area contributed by atoms with E-state index in [4.69, 9.17) is 9.15 Å². The van der Waals surface area contributed by atoms with Crippen LogP contribution in [0.15, 0.2) is 22.8 Å². The van der Waals surface area contributed by atoms with Crippen molar-refractivity contribution in [2.24, 2.45) is 0 Å². The first-order chi connectivity index (χ1) is 6.97. The summed E-state index contributed by atoms with van der Waals surface area (Å²) < 4.78 is 10.4. The molecule has 3 heteroatoms. The average Bonchev–Trinajstić information content (AvgIpc) is 2.53. The molecule has 0 atom stereocenters. The highest BCUT2D eigenvalue weighted by Crippen LogP contribution is 2.11. The number of hydrogen-bond donors (Lipinski definition) is 0. The molecule has 0 fully saturated rings. The highest BCUT2D eigenvalue weighted by molar-refractivity contribution is 5.69. The molecule has 3 nitrogen and oxygen atoms in total. The van der Waals surface area contributed by atoms with Gasteiger partial charge >= 0.3 is 5.97 Å². The van der Waals surface area contributed by atoms with Gasteiger partial charge in [-0.25, -0.2) is 0 Å². The Balaban J connectivity index is 2.18. The number of carbonyl (C=O) groups excluding carboxylic acids is 1. The zero-order chi connectivity index (χ0) is 11.3. The molecular formula is C12H18O3. The summed E-state index contributed by atoms with van der Waals surface area (Å²) in [5.41, 5.74) is -0.387. The smallest absolute Gasteiger partial charge is 0.306 e. The van der Waals surface area contributed by atoms with Gasteiger partial charge in [0.2, 0.25) is 0 Å². The van der Waals surface area contributed by atoms with E-state index in [1.54, 1.807) is 6.26 Å². The summed E-state index contributed by atoms with van der Waals surface area (Å²) in [6, 6.07) is 3.76. The second-order valence-corrected chi connectivity index (χ2v) is 4.52. The summed E-state index contributed by atoms with van der Waals surface area (Å²) in [5.74, 6) is 0.771. The highest BCUT2D eigenvalue weighted by atomic mass is 16.6. The molecule has 1 aromatic heterocycles. The van der Waals surface area contributed by atoms with E-state index >= 15 is 0 Å². The van der Waals surface area contributed by atoms with Gasteiger partial charge in [-0.1, -0.05) is 0 Å². The minimum absolute atomic E-state index is 0.144. The lowest BCUT2D eigenvalue weighted by atomic mass is 10.2. The lowest BCUT2D eigenvalue weighted by Gasteiger charge is -2.19. The predicted octanol–water partition coefficient (Wildman–Crippen LogP) is 2.94. The van der Waals surface area contributed by atoms with Crippen molar-refractivity contribution in [3.05, 3.63) is 24.2 Å². The molecule has 1 aromatic rings. The molecule has 0 aliphatic carbocycles. The Morgan fingerprint density at radius 1 is 1.47 bits per heavy atom. The fraction of sp³-hybridized carbons (Fsp3) is 0.583. The van der Waals surface area contributed by atoms with Crippen molar-refractivity contribution >= 4 is 5.97 Å². The van der Waals surface area contributed by atoms with Gasteiger partial charge in [0.25, 0.3) is 0 Å². The normalized spacial score (nSPS) is 11.4. The molecular weight excluding hydrogens is 192 g/mol. The molecule has 0 aliphatic heterocycles. The maximum Gasteiger partial charge on any atom is 0.306 e. The Morgan fingerprint density at radius 3 is 2.73 bits per heavy atom. The van der Waals surface area contributed by atoms with E-state index in [2.05, 4.69) is 0 Å². The molecule has 0 bridgehead atoms. The van der Waals surface area contributed by atoms with Gasteiger partial charge in [0, 0.05) is 12.8 Å². The van der Waals surface area contributed by atoms with Gasteiger partial charge in [0.1, 0.15) is 11.4 Å². The molecule has 0 spiro atoms. The molecule has 0 saturated carbocycles. The van der Waals surface area contributed by atoms with E-state index in [9.17, 15) is 4.79 Å². The van der Waals surface area contributed by atoms with Crippen molar-refractivity contribution in [2.45, 2.75) is 45.6 Å². The number of ether oxygens (including phenoxy) is 1. The fourth-order valence-electron chi connectivity index (χ4n) is 1.25. The maximum atomic E-state index is 11.3. The molecule has 15 heavy (non-hydrogen) atoms. The van der Waals surface area contributed by atoms with Crippen LogP contribution in [0.4, 0.5) is 0 Å². The van der Waals surface area contributed by atoms with E-state index in [-0.39, 0.29) is 11.6 Å². The van der Waals surface area contributed by atoms with Crippen molar-refractivity contribution in [1.29, 1.82) is 0 Å². The summed E-state index contributed by atoms with van der Waals surface area (Å²) in [5, 5.41) is 0. The van der Waals surface area contributed by atoms with Crippen LogP contribution >= 0.6 is 0 Å². The SMILES string of the molecule is CC(C)(C)OC(=O)CCCc1ccco1. The zero-order valence-corrected chi connectivity index (χ0v) is 9.58. The van der Waals surface area contributed by atoms with Gasteiger partial charge < -0.3 is 9.15 Å². The summed E-state index contributed by atoms with van der Waals surface area (Å²) >= 11 is 0. The van der Waals surface area contributed by atoms with Crippen LogP contribution in [0.2, 0.25) is 0 Å². The predicted molar refractivity (Wildman–Crippen MR) is 57.5 cm³/mol. The van der Waals surface area contributed by atoms with Gasteiger partial charge in [-0.2, -0.15) is 0 Å². The minimum atomic E-state index is -0.387. The number of esters is 1. The van der Waals surface area contributed by atoms with E-state index in [1.165, 1.54) is 0 Å². The third-order valence-electron chi connectivity index (χ3n) is 1.80. The second kappa shape index (κ2) is 5.01. The second-order valence-electron chi connectivity index (χ2n) is 4.52. The maximum absolute atomic E-state index is 11.3. The van der Waals surface area contributed by atoms with Crippen molar-refractivity contribution in [2.75, 3.05) is 0 Å². The topological polar surface area (TPSA) is 39.4 Å². The van der Waals surface area contributed by atoms with E-state index in [0.29, 0.717) is 6.42 Å². The Hall–Kier alpha value is -1.25. The van der Waals surface area contributed by atoms with Crippen LogP contribution in [0.25, 0.3) is 0 Å². The van der Waals surface area contributed by atoms with Gasteiger partial charge in [-0.05, 0) is 39.3 Å². The zero-order valence-electron chi connectivity index (χ0n) is 9.58. The van der Waals surface area contributed by atoms with Gasteiger partial charge in [-0.15, -0.1) is 0 Å². The summed E-state index contributed by atoms with van der Waals surface area (Å²) in [6.07, 6.45) is 3.63. The molecule has 0 aromatic carbocycles. The van der Waals surface area contributed by atoms with Gasteiger partial charge in [0.05, 0.1) is 6.26 Å². The quantitative estimate of drug-likeness (QED) is 0.717. The monoisotopic (exact) mass is 210 g/mol. The highest BCUT2D eigenvalue weighted by Gasteiger charge is 2.15. The Labute approximate surface area is 90.4 Å². The third-order valence-corrected chi connectivity index (χ3v) is 1.80. The molecule has 0 radical (unpaired) electrons. The van der Waals surface area contributed by atoms with Crippen LogP contribution in [0, 0.1) is 0 Å². The molecule has 0 N–H and O–H groups in total. The first-order valence-electron chi connectivity index (χ1n) is 5.21. The number of furan rings is 1. The fourth-order valence-corrected chi connectivity index (χ4v) is 1.25. The van der Waals surface area contributed by atoms with Crippen LogP contribution in [-0.4, -0.2) is 11.6 Å². The van der Waals surface area contributed by atoms with Gasteiger partial charge in [0.15, 0.2) is 0 Å². The standard InChI is InChI=1S/C12H18O3/c1-12(2,3)15-11(13)8-4-6-10-7-5-9-14-10/h5,7,9H,4,6,8H2,1-3H3. The molecule has 1 heterocycles. The number of aryl methyl sites for hydroxylation is 1. The largest absolute Gasteiger partial charge is 0.469 e. The summed E-state index contributed by atoms with van der Waals surface area (Å²) in [4.78, 5) is 11.3. The minimum Gasteiger partial charge on any atom is -0.469 e. The Bertz CT molecular complexity index is 293. The molecule has 84 valence electrons. The Kier molecular flexibility index (Phi) is 3.95. The van der Waals surface area contributed by atoms with Crippen LogP contribution in [0.3, 0.4) is 0 Å². The van der Waals surface area contributed by atoms with Crippen molar-refractivity contribution in [3.63, 3.8) is 0 Å². The van der Waals surface area contributed by atoms with Crippen LogP contribution < -0.4 is 0 Å². The summed E-state index contributed by atoms with van der Waals surface area (Å²) in [6.45, 7) is 5.62. The third kappa shape index (κ3) is 5.25. The van der Waals surface area contributed by atoms with E-state index in [1.807, 2.05) is 32.9 Å². The first-order valence-corrected chi connectivity index (χ1v) is 5.21.